The summed E-state index contributed by atoms with van der Waals surface area (Å²) in [6.45, 7) is 5.60. The molecule has 1 aliphatic rings. The lowest BCUT2D eigenvalue weighted by Gasteiger charge is -2.31. The molecule has 2 aromatic rings. The Balaban J connectivity index is 1.58. The number of nitrogens with zero attached hydrogens (tertiary/aromatic N) is 1. The number of hydrogen-bond acceptors (Lipinski definition) is 3. The number of carbonyl (C=O) groups is 2. The molecule has 4 nitrogen and oxygen atoms in total. The molecule has 0 atom stereocenters. The predicted octanol–water partition coefficient (Wildman–Crippen LogP) is 4.20. The van der Waals surface area contributed by atoms with Gasteiger partial charge in [0.25, 0.3) is 5.91 Å². The molecule has 0 spiro atoms. The summed E-state index contributed by atoms with van der Waals surface area (Å²) in [7, 11) is 0. The number of likely N-dealkylation sites (tertiary alicyclic amines) is 1. The van der Waals surface area contributed by atoms with Gasteiger partial charge in [0.1, 0.15) is 0 Å². The minimum absolute atomic E-state index is 0.00811. The summed E-state index contributed by atoms with van der Waals surface area (Å²) in [6, 6.07) is 15.1. The first-order valence-electron chi connectivity index (χ1n) is 9.72. The normalized spacial score (nSPS) is 15.1. The van der Waals surface area contributed by atoms with Crippen LogP contribution in [0.25, 0.3) is 0 Å². The van der Waals surface area contributed by atoms with E-state index in [-0.39, 0.29) is 17.6 Å². The molecule has 2 N–H and O–H groups in total. The summed E-state index contributed by atoms with van der Waals surface area (Å²) in [5, 5.41) is 0. The molecule has 27 heavy (non-hydrogen) atoms. The highest BCUT2D eigenvalue weighted by atomic mass is 16.2. The lowest BCUT2D eigenvalue weighted by Crippen LogP contribution is -2.40. The highest BCUT2D eigenvalue weighted by Crippen LogP contribution is 2.24. The highest BCUT2D eigenvalue weighted by Gasteiger charge is 2.28. The van der Waals surface area contributed by atoms with Crippen molar-refractivity contribution in [2.45, 2.75) is 33.1 Å². The summed E-state index contributed by atoms with van der Waals surface area (Å²) in [5.74, 6) is 0.785. The number of nitrogen functional groups attached to an aromatic ring is 1. The molecule has 0 aliphatic carbocycles. The molecule has 0 unspecified atom stereocenters. The standard InChI is InChI=1S/C23H28N2O2/c1-16(2)14-17-6-8-18(9-7-17)22(26)19-10-12-25(13-11-19)23(27)20-4-3-5-21(24)15-20/h3-9,15-16,19H,10-14,24H2,1-2H3. The molecule has 4 heteroatoms. The van der Waals surface area contributed by atoms with Gasteiger partial charge in [0.05, 0.1) is 0 Å². The van der Waals surface area contributed by atoms with E-state index in [2.05, 4.69) is 26.0 Å². The largest absolute Gasteiger partial charge is 0.399 e. The van der Waals surface area contributed by atoms with Gasteiger partial charge in [-0.15, -0.1) is 0 Å². The molecular formula is C23H28N2O2. The Bertz CT molecular complexity index is 803. The van der Waals surface area contributed by atoms with Crippen molar-refractivity contribution in [1.29, 1.82) is 0 Å². The second-order valence-electron chi connectivity index (χ2n) is 7.85. The Morgan fingerprint density at radius 2 is 1.70 bits per heavy atom. The van der Waals surface area contributed by atoms with Crippen LogP contribution in [0.3, 0.4) is 0 Å². The van der Waals surface area contributed by atoms with Gasteiger partial charge < -0.3 is 10.6 Å². The quantitative estimate of drug-likeness (QED) is 0.639. The van der Waals surface area contributed by atoms with Gasteiger partial charge in [0.15, 0.2) is 5.78 Å². The van der Waals surface area contributed by atoms with E-state index < -0.39 is 0 Å². The van der Waals surface area contributed by atoms with Gasteiger partial charge in [-0.25, -0.2) is 0 Å². The van der Waals surface area contributed by atoms with Crippen LogP contribution in [0.5, 0.6) is 0 Å². The van der Waals surface area contributed by atoms with E-state index in [0.29, 0.717) is 43.1 Å². The molecule has 1 amide bonds. The van der Waals surface area contributed by atoms with Gasteiger partial charge in [0.2, 0.25) is 0 Å². The Kier molecular flexibility index (Phi) is 5.94. The maximum atomic E-state index is 12.8. The molecule has 0 bridgehead atoms. The molecule has 142 valence electrons. The lowest BCUT2D eigenvalue weighted by molar-refractivity contribution is 0.0650. The zero-order valence-electron chi connectivity index (χ0n) is 16.2. The van der Waals surface area contributed by atoms with Gasteiger partial charge in [-0.2, -0.15) is 0 Å². The fourth-order valence-electron chi connectivity index (χ4n) is 3.71. The van der Waals surface area contributed by atoms with E-state index in [1.54, 1.807) is 24.3 Å². The van der Waals surface area contributed by atoms with Crippen LogP contribution in [0.15, 0.2) is 48.5 Å². The van der Waals surface area contributed by atoms with Gasteiger partial charge in [-0.3, -0.25) is 9.59 Å². The van der Waals surface area contributed by atoms with Gasteiger partial charge in [0, 0.05) is 35.8 Å². The molecule has 1 fully saturated rings. The first-order chi connectivity index (χ1) is 12.9. The van der Waals surface area contributed by atoms with Gasteiger partial charge >= 0.3 is 0 Å². The van der Waals surface area contributed by atoms with Crippen molar-refractivity contribution in [3.8, 4) is 0 Å². The van der Waals surface area contributed by atoms with Crippen LogP contribution in [0.2, 0.25) is 0 Å². The van der Waals surface area contributed by atoms with Crippen LogP contribution in [-0.2, 0) is 6.42 Å². The number of piperidine rings is 1. The third kappa shape index (κ3) is 4.76. The number of amides is 1. The number of anilines is 1. The monoisotopic (exact) mass is 364 g/mol. The van der Waals surface area contributed by atoms with E-state index in [4.69, 9.17) is 5.73 Å². The summed E-state index contributed by atoms with van der Waals surface area (Å²) >= 11 is 0. The summed E-state index contributed by atoms with van der Waals surface area (Å²) < 4.78 is 0. The average Bonchev–Trinajstić information content (AvgIpc) is 2.67. The van der Waals surface area contributed by atoms with Crippen LogP contribution in [0.4, 0.5) is 5.69 Å². The zero-order chi connectivity index (χ0) is 19.4. The van der Waals surface area contributed by atoms with Gasteiger partial charge in [-0.1, -0.05) is 44.2 Å². The summed E-state index contributed by atoms with van der Waals surface area (Å²) in [6.07, 6.45) is 2.44. The summed E-state index contributed by atoms with van der Waals surface area (Å²) in [4.78, 5) is 27.2. The second kappa shape index (κ2) is 8.38. The molecular weight excluding hydrogens is 336 g/mol. The van der Waals surface area contributed by atoms with E-state index in [9.17, 15) is 9.59 Å². The molecule has 1 heterocycles. The molecule has 3 rings (SSSR count). The smallest absolute Gasteiger partial charge is 0.253 e. The number of Topliss-reactive ketones (excluding diaryl/α,β-unsaturated/α-hetero) is 1. The van der Waals surface area contributed by atoms with Crippen LogP contribution < -0.4 is 5.73 Å². The van der Waals surface area contributed by atoms with Gasteiger partial charge in [-0.05, 0) is 48.9 Å². The highest BCUT2D eigenvalue weighted by molar-refractivity contribution is 5.98. The third-order valence-corrected chi connectivity index (χ3v) is 5.17. The first-order valence-corrected chi connectivity index (χ1v) is 9.72. The molecule has 0 aromatic heterocycles. The Morgan fingerprint density at radius 3 is 2.30 bits per heavy atom. The van der Waals surface area contributed by atoms with Crippen molar-refractivity contribution in [1.82, 2.24) is 4.90 Å². The molecule has 0 saturated carbocycles. The first kappa shape index (κ1) is 19.2. The van der Waals surface area contributed by atoms with Crippen molar-refractivity contribution in [2.75, 3.05) is 18.8 Å². The van der Waals surface area contributed by atoms with E-state index >= 15 is 0 Å². The Morgan fingerprint density at radius 1 is 1.04 bits per heavy atom. The number of nitrogens with two attached hydrogens (primary N) is 1. The van der Waals surface area contributed by atoms with Crippen LogP contribution >= 0.6 is 0 Å². The number of rotatable bonds is 5. The molecule has 0 radical (unpaired) electrons. The fraction of sp³-hybridized carbons (Fsp3) is 0.391. The second-order valence-corrected chi connectivity index (χ2v) is 7.85. The average molecular weight is 364 g/mol. The van der Waals surface area contributed by atoms with E-state index in [1.165, 1.54) is 5.56 Å². The zero-order valence-corrected chi connectivity index (χ0v) is 16.2. The topological polar surface area (TPSA) is 63.4 Å². The summed E-state index contributed by atoms with van der Waals surface area (Å²) in [5.41, 5.74) is 9.02. The predicted molar refractivity (Wildman–Crippen MR) is 109 cm³/mol. The van der Waals surface area contributed by atoms with E-state index in [1.807, 2.05) is 17.0 Å². The fourth-order valence-corrected chi connectivity index (χ4v) is 3.71. The number of hydrogen-bond donors (Lipinski definition) is 1. The maximum absolute atomic E-state index is 12.8. The third-order valence-electron chi connectivity index (χ3n) is 5.17. The Hall–Kier alpha value is -2.62. The molecule has 2 aromatic carbocycles. The van der Waals surface area contributed by atoms with Crippen molar-refractivity contribution in [3.05, 3.63) is 65.2 Å². The van der Waals surface area contributed by atoms with Crippen LogP contribution in [-0.4, -0.2) is 29.7 Å². The lowest BCUT2D eigenvalue weighted by atomic mass is 9.88. The van der Waals surface area contributed by atoms with Crippen LogP contribution in [0.1, 0.15) is 53.0 Å². The number of ketones is 1. The maximum Gasteiger partial charge on any atom is 0.253 e. The molecule has 1 aliphatic heterocycles. The van der Waals surface area contributed by atoms with Crippen molar-refractivity contribution in [2.24, 2.45) is 11.8 Å². The minimum Gasteiger partial charge on any atom is -0.399 e. The number of benzene rings is 2. The Labute approximate surface area is 161 Å². The van der Waals surface area contributed by atoms with Crippen molar-refractivity contribution >= 4 is 17.4 Å². The van der Waals surface area contributed by atoms with Crippen molar-refractivity contribution < 1.29 is 9.59 Å². The van der Waals surface area contributed by atoms with Crippen LogP contribution in [0, 0.1) is 11.8 Å². The molecule has 1 saturated heterocycles. The minimum atomic E-state index is -0.00848. The van der Waals surface area contributed by atoms with E-state index in [0.717, 1.165) is 12.0 Å². The SMILES string of the molecule is CC(C)Cc1ccc(C(=O)C2CCN(C(=O)c3cccc(N)c3)CC2)cc1. The van der Waals surface area contributed by atoms with Crippen molar-refractivity contribution in [3.63, 3.8) is 0 Å². The number of carbonyl (C=O) groups excluding carboxylic acids is 2.